The lowest BCUT2D eigenvalue weighted by Crippen LogP contribution is -2.53. The molecule has 0 aliphatic heterocycles. The van der Waals surface area contributed by atoms with E-state index in [4.69, 9.17) is 10.5 Å². The van der Waals surface area contributed by atoms with Crippen LogP contribution < -0.4 is 0 Å². The average Bonchev–Trinajstić information content (AvgIpc) is 2.32. The van der Waals surface area contributed by atoms with E-state index < -0.39 is 0 Å². The van der Waals surface area contributed by atoms with E-state index in [0.29, 0.717) is 12.8 Å². The fourth-order valence-corrected chi connectivity index (χ4v) is 2.45. The molecule has 2 amide bonds. The zero-order valence-corrected chi connectivity index (χ0v) is 10.6. The predicted molar refractivity (Wildman–Crippen MR) is 62.3 cm³/mol. The van der Waals surface area contributed by atoms with Crippen molar-refractivity contribution in [1.82, 2.24) is 9.80 Å². The van der Waals surface area contributed by atoms with Crippen LogP contribution in [-0.4, -0.2) is 33.7 Å². The number of nitrogens with zero attached hydrogens (tertiary/aromatic N) is 4. The predicted octanol–water partition coefficient (Wildman–Crippen LogP) is 0.957. The molecule has 0 aromatic carbocycles. The van der Waals surface area contributed by atoms with Crippen LogP contribution in [-0.2, 0) is 9.59 Å². The molecule has 0 aromatic heterocycles. The average molecular weight is 248 g/mol. The van der Waals surface area contributed by atoms with Gasteiger partial charge < -0.3 is 0 Å². The van der Waals surface area contributed by atoms with Gasteiger partial charge in [0, 0.05) is 13.8 Å². The monoisotopic (exact) mass is 248 g/mol. The Morgan fingerprint density at radius 2 is 1.28 bits per heavy atom. The van der Waals surface area contributed by atoms with Crippen LogP contribution in [0.5, 0.6) is 0 Å². The number of rotatable bonds is 2. The summed E-state index contributed by atoms with van der Waals surface area (Å²) in [6.45, 7) is 2.64. The van der Waals surface area contributed by atoms with Gasteiger partial charge in [0.1, 0.15) is 0 Å². The molecule has 1 saturated carbocycles. The van der Waals surface area contributed by atoms with Gasteiger partial charge in [-0.05, 0) is 12.8 Å². The SMILES string of the molecule is CC(=O)N(C#N)C1CCCCC1N(C#N)C(C)=O. The van der Waals surface area contributed by atoms with Crippen molar-refractivity contribution in [2.75, 3.05) is 0 Å². The molecule has 1 aliphatic rings. The Hall–Kier alpha value is -2.08. The molecule has 0 heterocycles. The molecular formula is C12H16N4O2. The van der Waals surface area contributed by atoms with E-state index in [-0.39, 0.29) is 23.9 Å². The van der Waals surface area contributed by atoms with E-state index >= 15 is 0 Å². The third-order valence-corrected chi connectivity index (χ3v) is 3.25. The number of hydrogen-bond acceptors (Lipinski definition) is 4. The van der Waals surface area contributed by atoms with Crippen molar-refractivity contribution in [2.24, 2.45) is 0 Å². The fraction of sp³-hybridized carbons (Fsp3) is 0.667. The topological polar surface area (TPSA) is 88.2 Å². The van der Waals surface area contributed by atoms with Crippen LogP contribution in [0.15, 0.2) is 0 Å². The Bertz CT molecular complexity index is 381. The Balaban J connectivity index is 3.00. The normalized spacial score (nSPS) is 22.4. The second-order valence-electron chi connectivity index (χ2n) is 4.40. The molecule has 6 heteroatoms. The molecule has 0 bridgehead atoms. The molecule has 2 atom stereocenters. The van der Waals surface area contributed by atoms with Crippen molar-refractivity contribution < 1.29 is 9.59 Å². The van der Waals surface area contributed by atoms with Crippen LogP contribution in [0.2, 0.25) is 0 Å². The number of amides is 2. The van der Waals surface area contributed by atoms with Gasteiger partial charge in [0.25, 0.3) is 0 Å². The maximum absolute atomic E-state index is 11.4. The van der Waals surface area contributed by atoms with Crippen LogP contribution in [0.3, 0.4) is 0 Å². The lowest BCUT2D eigenvalue weighted by molar-refractivity contribution is -0.134. The molecule has 2 unspecified atom stereocenters. The summed E-state index contributed by atoms with van der Waals surface area (Å²) in [5, 5.41) is 18.1. The largest absolute Gasteiger partial charge is 0.274 e. The summed E-state index contributed by atoms with van der Waals surface area (Å²) in [7, 11) is 0. The van der Waals surface area contributed by atoms with Crippen LogP contribution in [0, 0.1) is 22.9 Å². The van der Waals surface area contributed by atoms with E-state index in [9.17, 15) is 9.59 Å². The van der Waals surface area contributed by atoms with Crippen molar-refractivity contribution in [2.45, 2.75) is 51.6 Å². The van der Waals surface area contributed by atoms with Gasteiger partial charge in [0.2, 0.25) is 11.8 Å². The summed E-state index contributed by atoms with van der Waals surface area (Å²) in [6.07, 6.45) is 6.78. The minimum absolute atomic E-state index is 0.351. The second-order valence-corrected chi connectivity index (χ2v) is 4.40. The standard InChI is InChI=1S/C12H16N4O2/c1-9(17)15(7-13)11-5-3-4-6-12(11)16(8-14)10(2)18/h11-12H,3-6H2,1-2H3. The van der Waals surface area contributed by atoms with Crippen LogP contribution in [0.25, 0.3) is 0 Å². The molecule has 96 valence electrons. The summed E-state index contributed by atoms with van der Waals surface area (Å²) < 4.78 is 0. The summed E-state index contributed by atoms with van der Waals surface area (Å²) in [5.74, 6) is -0.702. The second kappa shape index (κ2) is 6.02. The molecule has 1 aliphatic carbocycles. The molecule has 0 N–H and O–H groups in total. The van der Waals surface area contributed by atoms with Gasteiger partial charge in [-0.2, -0.15) is 10.5 Å². The minimum atomic E-state index is -0.384. The van der Waals surface area contributed by atoms with Gasteiger partial charge in [-0.15, -0.1) is 0 Å². The number of carbonyl (C=O) groups excluding carboxylic acids is 2. The summed E-state index contributed by atoms with van der Waals surface area (Å²) >= 11 is 0. The van der Waals surface area contributed by atoms with Gasteiger partial charge >= 0.3 is 0 Å². The van der Waals surface area contributed by atoms with E-state index in [2.05, 4.69) is 0 Å². The Morgan fingerprint density at radius 1 is 0.944 bits per heavy atom. The van der Waals surface area contributed by atoms with Gasteiger partial charge in [-0.3, -0.25) is 9.59 Å². The first-order chi connectivity index (χ1) is 8.52. The van der Waals surface area contributed by atoms with Gasteiger partial charge in [0.05, 0.1) is 12.1 Å². The molecule has 0 saturated heterocycles. The Morgan fingerprint density at radius 3 is 1.50 bits per heavy atom. The van der Waals surface area contributed by atoms with E-state index in [1.807, 2.05) is 12.4 Å². The smallest absolute Gasteiger partial charge is 0.232 e. The van der Waals surface area contributed by atoms with Crippen molar-refractivity contribution in [3.8, 4) is 12.4 Å². The van der Waals surface area contributed by atoms with E-state index in [1.54, 1.807) is 0 Å². The Kier molecular flexibility index (Phi) is 4.67. The van der Waals surface area contributed by atoms with E-state index in [0.717, 1.165) is 22.6 Å². The molecule has 1 fully saturated rings. The number of carbonyl (C=O) groups is 2. The number of nitriles is 2. The Labute approximate surface area is 106 Å². The molecular weight excluding hydrogens is 232 g/mol. The molecule has 1 rings (SSSR count). The molecule has 0 spiro atoms. The van der Waals surface area contributed by atoms with Crippen molar-refractivity contribution in [3.05, 3.63) is 0 Å². The molecule has 0 aromatic rings. The third kappa shape index (κ3) is 2.78. The molecule has 0 radical (unpaired) electrons. The zero-order valence-electron chi connectivity index (χ0n) is 10.6. The number of hydrogen-bond donors (Lipinski definition) is 0. The maximum atomic E-state index is 11.4. The molecule has 6 nitrogen and oxygen atoms in total. The van der Waals surface area contributed by atoms with E-state index in [1.165, 1.54) is 13.8 Å². The highest BCUT2D eigenvalue weighted by atomic mass is 16.2. The van der Waals surface area contributed by atoms with Crippen LogP contribution in [0.4, 0.5) is 0 Å². The fourth-order valence-electron chi connectivity index (χ4n) is 2.45. The maximum Gasteiger partial charge on any atom is 0.232 e. The quantitative estimate of drug-likeness (QED) is 0.537. The van der Waals surface area contributed by atoms with Crippen molar-refractivity contribution in [1.29, 1.82) is 10.5 Å². The van der Waals surface area contributed by atoms with Gasteiger partial charge in [-0.1, -0.05) is 12.8 Å². The first-order valence-electron chi connectivity index (χ1n) is 5.92. The highest BCUT2D eigenvalue weighted by Gasteiger charge is 2.37. The highest BCUT2D eigenvalue weighted by Crippen LogP contribution is 2.27. The highest BCUT2D eigenvalue weighted by molar-refractivity contribution is 5.77. The lowest BCUT2D eigenvalue weighted by Gasteiger charge is -2.38. The summed E-state index contributed by atoms with van der Waals surface area (Å²) in [6, 6.07) is -0.769. The van der Waals surface area contributed by atoms with Crippen LogP contribution >= 0.6 is 0 Å². The summed E-state index contributed by atoms with van der Waals surface area (Å²) in [4.78, 5) is 25.0. The third-order valence-electron chi connectivity index (χ3n) is 3.25. The molecule has 18 heavy (non-hydrogen) atoms. The lowest BCUT2D eigenvalue weighted by atomic mass is 9.88. The van der Waals surface area contributed by atoms with Crippen molar-refractivity contribution >= 4 is 11.8 Å². The summed E-state index contributed by atoms with van der Waals surface area (Å²) in [5.41, 5.74) is 0. The first kappa shape index (κ1) is 14.0. The van der Waals surface area contributed by atoms with Gasteiger partial charge in [0.15, 0.2) is 12.4 Å². The zero-order chi connectivity index (χ0) is 13.7. The van der Waals surface area contributed by atoms with Gasteiger partial charge in [-0.25, -0.2) is 9.80 Å². The van der Waals surface area contributed by atoms with Crippen molar-refractivity contribution in [3.63, 3.8) is 0 Å². The minimum Gasteiger partial charge on any atom is -0.274 e. The van der Waals surface area contributed by atoms with Crippen LogP contribution in [0.1, 0.15) is 39.5 Å². The first-order valence-corrected chi connectivity index (χ1v) is 5.92.